The van der Waals surface area contributed by atoms with E-state index in [1.54, 1.807) is 6.92 Å². The minimum absolute atomic E-state index is 0.298. The minimum atomic E-state index is 0.298. The highest BCUT2D eigenvalue weighted by Crippen LogP contribution is 2.35. The van der Waals surface area contributed by atoms with Gasteiger partial charge in [-0.1, -0.05) is 6.92 Å². The lowest BCUT2D eigenvalue weighted by Crippen LogP contribution is -2.42. The molecule has 2 aliphatic carbocycles. The van der Waals surface area contributed by atoms with E-state index in [9.17, 15) is 4.79 Å². The Bertz CT molecular complexity index is 214. The first-order valence-electron chi connectivity index (χ1n) is 5.97. The molecule has 2 fully saturated rings. The number of carbonyl (C=O) groups excluding carboxylic acids is 1. The van der Waals surface area contributed by atoms with Crippen molar-refractivity contribution in [3.8, 4) is 0 Å². The van der Waals surface area contributed by atoms with Crippen molar-refractivity contribution >= 4 is 5.91 Å². The fraction of sp³-hybridized carbons (Fsp3) is 0.917. The molecule has 0 aromatic heterocycles. The third-order valence-corrected chi connectivity index (χ3v) is 3.68. The van der Waals surface area contributed by atoms with Gasteiger partial charge in [-0.25, -0.2) is 0 Å². The van der Waals surface area contributed by atoms with Crippen LogP contribution in [0.4, 0.5) is 0 Å². The second-order valence-corrected chi connectivity index (χ2v) is 5.07. The first-order chi connectivity index (χ1) is 6.68. The molecule has 0 aromatic carbocycles. The summed E-state index contributed by atoms with van der Waals surface area (Å²) in [5.74, 6) is 1.17. The van der Waals surface area contributed by atoms with Gasteiger partial charge in [0.1, 0.15) is 0 Å². The first kappa shape index (κ1) is 10.0. The highest BCUT2D eigenvalue weighted by Gasteiger charge is 2.36. The van der Waals surface area contributed by atoms with Crippen LogP contribution in [0.1, 0.15) is 52.4 Å². The van der Waals surface area contributed by atoms with Crippen LogP contribution in [0.5, 0.6) is 0 Å². The molecule has 0 saturated heterocycles. The maximum atomic E-state index is 11.5. The largest absolute Gasteiger partial charge is 0.337 e. The summed E-state index contributed by atoms with van der Waals surface area (Å²) in [4.78, 5) is 13.7. The van der Waals surface area contributed by atoms with Crippen LogP contribution < -0.4 is 0 Å². The van der Waals surface area contributed by atoms with Crippen LogP contribution in [0.15, 0.2) is 0 Å². The van der Waals surface area contributed by atoms with Crippen LogP contribution in [-0.2, 0) is 4.79 Å². The van der Waals surface area contributed by atoms with Crippen LogP contribution in [-0.4, -0.2) is 22.9 Å². The van der Waals surface area contributed by atoms with Crippen molar-refractivity contribution < 1.29 is 4.79 Å². The Morgan fingerprint density at radius 3 is 1.79 bits per heavy atom. The third kappa shape index (κ3) is 2.10. The van der Waals surface area contributed by atoms with Crippen LogP contribution in [0.25, 0.3) is 0 Å². The predicted molar refractivity (Wildman–Crippen MR) is 57.0 cm³/mol. The second kappa shape index (κ2) is 3.92. The molecule has 0 aromatic rings. The molecule has 0 bridgehead atoms. The van der Waals surface area contributed by atoms with Gasteiger partial charge in [0, 0.05) is 19.0 Å². The molecule has 2 saturated carbocycles. The maximum absolute atomic E-state index is 11.5. The Morgan fingerprint density at radius 2 is 1.43 bits per heavy atom. The van der Waals surface area contributed by atoms with Gasteiger partial charge in [0.05, 0.1) is 0 Å². The molecule has 0 atom stereocenters. The molecule has 2 heteroatoms. The Labute approximate surface area is 86.7 Å². The number of carbonyl (C=O) groups is 1. The smallest absolute Gasteiger partial charge is 0.219 e. The molecule has 0 aliphatic heterocycles. The number of hydrogen-bond acceptors (Lipinski definition) is 1. The molecule has 2 aliphatic rings. The van der Waals surface area contributed by atoms with Gasteiger partial charge in [-0.15, -0.1) is 0 Å². The fourth-order valence-electron chi connectivity index (χ4n) is 2.69. The van der Waals surface area contributed by atoms with E-state index in [1.807, 2.05) is 0 Å². The molecule has 2 nitrogen and oxygen atoms in total. The van der Waals surface area contributed by atoms with Crippen molar-refractivity contribution in [3.05, 3.63) is 0 Å². The fourth-order valence-corrected chi connectivity index (χ4v) is 2.69. The van der Waals surface area contributed by atoms with E-state index in [0.717, 1.165) is 5.92 Å². The molecule has 1 amide bonds. The van der Waals surface area contributed by atoms with Gasteiger partial charge < -0.3 is 4.90 Å². The lowest BCUT2D eigenvalue weighted by Gasteiger charge is -2.35. The molecule has 0 N–H and O–H groups in total. The average molecular weight is 195 g/mol. The third-order valence-electron chi connectivity index (χ3n) is 3.68. The summed E-state index contributed by atoms with van der Waals surface area (Å²) < 4.78 is 0. The van der Waals surface area contributed by atoms with Gasteiger partial charge in [0.25, 0.3) is 0 Å². The van der Waals surface area contributed by atoms with Crippen LogP contribution >= 0.6 is 0 Å². The SMILES string of the molecule is CC(=O)N(C1CCC(C)CC1)C1CC1. The van der Waals surface area contributed by atoms with Crippen molar-refractivity contribution in [1.29, 1.82) is 0 Å². The summed E-state index contributed by atoms with van der Waals surface area (Å²) in [7, 11) is 0. The maximum Gasteiger partial charge on any atom is 0.219 e. The Hall–Kier alpha value is -0.530. The zero-order valence-corrected chi connectivity index (χ0v) is 9.33. The number of amides is 1. The molecular formula is C12H21NO. The molecule has 0 unspecified atom stereocenters. The Balaban J connectivity index is 1.94. The second-order valence-electron chi connectivity index (χ2n) is 5.07. The monoisotopic (exact) mass is 195 g/mol. The van der Waals surface area contributed by atoms with Crippen molar-refractivity contribution in [2.45, 2.75) is 64.5 Å². The van der Waals surface area contributed by atoms with E-state index in [4.69, 9.17) is 0 Å². The summed E-state index contributed by atoms with van der Waals surface area (Å²) in [5.41, 5.74) is 0. The number of hydrogen-bond donors (Lipinski definition) is 0. The lowest BCUT2D eigenvalue weighted by molar-refractivity contribution is -0.132. The zero-order chi connectivity index (χ0) is 10.1. The van der Waals surface area contributed by atoms with Gasteiger partial charge in [-0.2, -0.15) is 0 Å². The molecular weight excluding hydrogens is 174 g/mol. The van der Waals surface area contributed by atoms with Crippen molar-refractivity contribution in [2.24, 2.45) is 5.92 Å². The number of rotatable bonds is 2. The van der Waals surface area contributed by atoms with Crippen LogP contribution in [0.3, 0.4) is 0 Å². The van der Waals surface area contributed by atoms with Gasteiger partial charge >= 0.3 is 0 Å². The lowest BCUT2D eigenvalue weighted by atomic mass is 9.86. The molecule has 0 spiro atoms. The quantitative estimate of drug-likeness (QED) is 0.663. The normalized spacial score (nSPS) is 32.7. The standard InChI is InChI=1S/C12H21NO/c1-9-3-5-11(6-4-9)13(10(2)14)12-7-8-12/h9,11-12H,3-8H2,1-2H3. The van der Waals surface area contributed by atoms with Crippen molar-refractivity contribution in [1.82, 2.24) is 4.90 Å². The molecule has 0 radical (unpaired) electrons. The summed E-state index contributed by atoms with van der Waals surface area (Å²) in [6.07, 6.45) is 7.56. The van der Waals surface area contributed by atoms with E-state index in [0.29, 0.717) is 18.0 Å². The summed E-state index contributed by atoms with van der Waals surface area (Å²) in [6.45, 7) is 4.06. The topological polar surface area (TPSA) is 20.3 Å². The molecule has 0 heterocycles. The van der Waals surface area contributed by atoms with E-state index in [2.05, 4.69) is 11.8 Å². The minimum Gasteiger partial charge on any atom is -0.337 e. The summed E-state index contributed by atoms with van der Waals surface area (Å²) >= 11 is 0. The van der Waals surface area contributed by atoms with E-state index < -0.39 is 0 Å². The Morgan fingerprint density at radius 1 is 1.00 bits per heavy atom. The zero-order valence-electron chi connectivity index (χ0n) is 9.33. The number of nitrogens with zero attached hydrogens (tertiary/aromatic N) is 1. The highest BCUT2D eigenvalue weighted by atomic mass is 16.2. The van der Waals surface area contributed by atoms with Crippen molar-refractivity contribution in [3.63, 3.8) is 0 Å². The highest BCUT2D eigenvalue weighted by molar-refractivity contribution is 5.74. The van der Waals surface area contributed by atoms with E-state index in [-0.39, 0.29) is 0 Å². The van der Waals surface area contributed by atoms with Gasteiger partial charge in [0.15, 0.2) is 0 Å². The summed E-state index contributed by atoms with van der Waals surface area (Å²) in [6, 6.07) is 1.17. The Kier molecular flexibility index (Phi) is 2.80. The van der Waals surface area contributed by atoms with Crippen molar-refractivity contribution in [2.75, 3.05) is 0 Å². The molecule has 14 heavy (non-hydrogen) atoms. The molecule has 80 valence electrons. The van der Waals surface area contributed by atoms with Crippen LogP contribution in [0, 0.1) is 5.92 Å². The van der Waals surface area contributed by atoms with E-state index in [1.165, 1.54) is 38.5 Å². The van der Waals surface area contributed by atoms with E-state index >= 15 is 0 Å². The summed E-state index contributed by atoms with van der Waals surface area (Å²) in [5, 5.41) is 0. The van der Waals surface area contributed by atoms with Gasteiger partial charge in [-0.05, 0) is 44.4 Å². The average Bonchev–Trinajstić information content (AvgIpc) is 2.92. The van der Waals surface area contributed by atoms with Gasteiger partial charge in [-0.3, -0.25) is 4.79 Å². The van der Waals surface area contributed by atoms with Crippen LogP contribution in [0.2, 0.25) is 0 Å². The van der Waals surface area contributed by atoms with Gasteiger partial charge in [0.2, 0.25) is 5.91 Å². The molecule has 2 rings (SSSR count). The predicted octanol–water partition coefficient (Wildman–Crippen LogP) is 2.58. The first-order valence-corrected chi connectivity index (χ1v) is 5.97.